The van der Waals surface area contributed by atoms with E-state index in [0.717, 1.165) is 17.9 Å². The number of hydrogen-bond acceptors (Lipinski definition) is 2. The van der Waals surface area contributed by atoms with Crippen LogP contribution in [0.15, 0.2) is 24.4 Å². The van der Waals surface area contributed by atoms with Crippen molar-refractivity contribution < 1.29 is 0 Å². The second kappa shape index (κ2) is 5.08. The van der Waals surface area contributed by atoms with E-state index in [9.17, 15) is 0 Å². The van der Waals surface area contributed by atoms with E-state index in [0.29, 0.717) is 0 Å². The van der Waals surface area contributed by atoms with Crippen LogP contribution in [-0.4, -0.2) is 10.2 Å². The van der Waals surface area contributed by atoms with E-state index >= 15 is 0 Å². The minimum Gasteiger partial charge on any atom is -0.381 e. The Morgan fingerprint density at radius 3 is 2.53 bits per heavy atom. The Balaban J connectivity index is 2.11. The monoisotopic (exact) mass is 257 g/mol. The first kappa shape index (κ1) is 13.7. The van der Waals surface area contributed by atoms with Crippen LogP contribution in [0.25, 0.3) is 0 Å². The number of benzene rings is 1. The van der Waals surface area contributed by atoms with E-state index in [2.05, 4.69) is 68.3 Å². The highest BCUT2D eigenvalue weighted by molar-refractivity contribution is 5.48. The number of nitrogens with zero attached hydrogens (tertiary/aromatic N) is 1. The molecule has 0 aliphatic rings. The minimum absolute atomic E-state index is 0.0696. The fourth-order valence-corrected chi connectivity index (χ4v) is 2.15. The van der Waals surface area contributed by atoms with Gasteiger partial charge in [0.05, 0.1) is 5.69 Å². The van der Waals surface area contributed by atoms with Gasteiger partial charge in [0, 0.05) is 29.4 Å². The second-order valence-corrected chi connectivity index (χ2v) is 6.16. The van der Waals surface area contributed by atoms with Gasteiger partial charge in [0.2, 0.25) is 0 Å². The lowest BCUT2D eigenvalue weighted by Gasteiger charge is -2.18. The molecule has 0 aliphatic heterocycles. The van der Waals surface area contributed by atoms with E-state index in [1.807, 2.05) is 6.20 Å². The molecule has 0 saturated carbocycles. The SMILES string of the molecule is Cc1ccc(NCc2c[nH]nc2C(C)(C)C)cc1C. The van der Waals surface area contributed by atoms with Gasteiger partial charge in [-0.3, -0.25) is 5.10 Å². The summed E-state index contributed by atoms with van der Waals surface area (Å²) in [5.74, 6) is 0. The molecule has 102 valence electrons. The van der Waals surface area contributed by atoms with Gasteiger partial charge in [-0.05, 0) is 37.1 Å². The van der Waals surface area contributed by atoms with Gasteiger partial charge < -0.3 is 5.32 Å². The molecule has 3 nitrogen and oxygen atoms in total. The van der Waals surface area contributed by atoms with Crippen molar-refractivity contribution in [3.63, 3.8) is 0 Å². The summed E-state index contributed by atoms with van der Waals surface area (Å²) in [6.07, 6.45) is 1.98. The van der Waals surface area contributed by atoms with E-state index in [-0.39, 0.29) is 5.41 Å². The summed E-state index contributed by atoms with van der Waals surface area (Å²) in [5.41, 5.74) is 6.22. The molecule has 2 aromatic rings. The van der Waals surface area contributed by atoms with Crippen molar-refractivity contribution in [1.29, 1.82) is 0 Å². The molecule has 0 spiro atoms. The van der Waals surface area contributed by atoms with E-state index < -0.39 is 0 Å². The van der Waals surface area contributed by atoms with Gasteiger partial charge in [-0.15, -0.1) is 0 Å². The highest BCUT2D eigenvalue weighted by Gasteiger charge is 2.20. The number of aryl methyl sites for hydroxylation is 2. The maximum Gasteiger partial charge on any atom is 0.0725 e. The molecule has 0 aliphatic carbocycles. The molecule has 0 unspecified atom stereocenters. The topological polar surface area (TPSA) is 40.7 Å². The van der Waals surface area contributed by atoms with Crippen molar-refractivity contribution in [3.8, 4) is 0 Å². The quantitative estimate of drug-likeness (QED) is 0.874. The van der Waals surface area contributed by atoms with Crippen molar-refractivity contribution in [2.75, 3.05) is 5.32 Å². The second-order valence-electron chi connectivity index (χ2n) is 6.16. The van der Waals surface area contributed by atoms with Gasteiger partial charge in [-0.2, -0.15) is 5.10 Å². The minimum atomic E-state index is 0.0696. The fourth-order valence-electron chi connectivity index (χ4n) is 2.15. The molecule has 0 saturated heterocycles. The molecule has 0 amide bonds. The molecule has 19 heavy (non-hydrogen) atoms. The zero-order chi connectivity index (χ0) is 14.0. The Morgan fingerprint density at radius 2 is 1.89 bits per heavy atom. The normalized spacial score (nSPS) is 11.6. The first-order valence-corrected chi connectivity index (χ1v) is 6.72. The van der Waals surface area contributed by atoms with Gasteiger partial charge in [0.15, 0.2) is 0 Å². The van der Waals surface area contributed by atoms with E-state index in [4.69, 9.17) is 0 Å². The maximum atomic E-state index is 4.37. The smallest absolute Gasteiger partial charge is 0.0725 e. The predicted molar refractivity (Wildman–Crippen MR) is 80.5 cm³/mol. The lowest BCUT2D eigenvalue weighted by Crippen LogP contribution is -2.15. The van der Waals surface area contributed by atoms with Crippen LogP contribution in [0.1, 0.15) is 43.2 Å². The largest absolute Gasteiger partial charge is 0.381 e. The summed E-state index contributed by atoms with van der Waals surface area (Å²) in [7, 11) is 0. The number of aromatic nitrogens is 2. The molecule has 1 aromatic carbocycles. The summed E-state index contributed by atoms with van der Waals surface area (Å²) >= 11 is 0. The van der Waals surface area contributed by atoms with Gasteiger partial charge in [-0.1, -0.05) is 26.8 Å². The summed E-state index contributed by atoms with van der Waals surface area (Å²) in [6, 6.07) is 6.46. The predicted octanol–water partition coefficient (Wildman–Crippen LogP) is 3.94. The number of hydrogen-bond donors (Lipinski definition) is 2. The average molecular weight is 257 g/mol. The molecule has 2 N–H and O–H groups in total. The molecule has 1 aromatic heterocycles. The van der Waals surface area contributed by atoms with Gasteiger partial charge >= 0.3 is 0 Å². The molecule has 2 rings (SSSR count). The Bertz CT molecular complexity index is 562. The lowest BCUT2D eigenvalue weighted by molar-refractivity contribution is 0.561. The van der Waals surface area contributed by atoms with Gasteiger partial charge in [0.1, 0.15) is 0 Å². The molecular formula is C16H23N3. The Hall–Kier alpha value is -1.77. The van der Waals surface area contributed by atoms with Crippen LogP contribution in [0.3, 0.4) is 0 Å². The van der Waals surface area contributed by atoms with Crippen LogP contribution in [0.4, 0.5) is 5.69 Å². The summed E-state index contributed by atoms with van der Waals surface area (Å²) < 4.78 is 0. The molecule has 0 radical (unpaired) electrons. The van der Waals surface area contributed by atoms with Crippen molar-refractivity contribution in [2.45, 2.75) is 46.6 Å². The molecule has 0 bridgehead atoms. The van der Waals surface area contributed by atoms with Crippen molar-refractivity contribution in [1.82, 2.24) is 10.2 Å². The van der Waals surface area contributed by atoms with Crippen LogP contribution in [0.5, 0.6) is 0 Å². The third kappa shape index (κ3) is 3.16. The Labute approximate surface area is 115 Å². The van der Waals surface area contributed by atoms with Crippen molar-refractivity contribution >= 4 is 5.69 Å². The molecular weight excluding hydrogens is 234 g/mol. The first-order valence-electron chi connectivity index (χ1n) is 6.72. The third-order valence-electron chi connectivity index (χ3n) is 3.42. The van der Waals surface area contributed by atoms with Gasteiger partial charge in [0.25, 0.3) is 0 Å². The highest BCUT2D eigenvalue weighted by Crippen LogP contribution is 2.24. The first-order chi connectivity index (χ1) is 8.88. The number of rotatable bonds is 3. The third-order valence-corrected chi connectivity index (χ3v) is 3.42. The van der Waals surface area contributed by atoms with Crippen LogP contribution in [0, 0.1) is 13.8 Å². The van der Waals surface area contributed by atoms with Crippen molar-refractivity contribution in [2.24, 2.45) is 0 Å². The van der Waals surface area contributed by atoms with Gasteiger partial charge in [-0.25, -0.2) is 0 Å². The zero-order valence-electron chi connectivity index (χ0n) is 12.5. The van der Waals surface area contributed by atoms with E-state index in [1.54, 1.807) is 0 Å². The fraction of sp³-hybridized carbons (Fsp3) is 0.438. The summed E-state index contributed by atoms with van der Waals surface area (Å²) in [6.45, 7) is 11.6. The number of H-pyrrole nitrogens is 1. The highest BCUT2D eigenvalue weighted by atomic mass is 15.1. The van der Waals surface area contributed by atoms with E-state index in [1.165, 1.54) is 16.7 Å². The molecule has 0 atom stereocenters. The Morgan fingerprint density at radius 1 is 1.16 bits per heavy atom. The molecule has 1 heterocycles. The summed E-state index contributed by atoms with van der Waals surface area (Å²) in [4.78, 5) is 0. The lowest BCUT2D eigenvalue weighted by atomic mass is 9.89. The van der Waals surface area contributed by atoms with Crippen LogP contribution in [-0.2, 0) is 12.0 Å². The average Bonchev–Trinajstić information content (AvgIpc) is 2.79. The van der Waals surface area contributed by atoms with Crippen molar-refractivity contribution in [3.05, 3.63) is 46.8 Å². The standard InChI is InChI=1S/C16H23N3/c1-11-6-7-14(8-12(11)2)17-9-13-10-18-19-15(13)16(3,4)5/h6-8,10,17H,9H2,1-5H3,(H,18,19). The van der Waals surface area contributed by atoms with Crippen LogP contribution < -0.4 is 5.32 Å². The zero-order valence-corrected chi connectivity index (χ0v) is 12.5. The number of nitrogens with one attached hydrogen (secondary N) is 2. The number of anilines is 1. The molecule has 0 fully saturated rings. The Kier molecular flexibility index (Phi) is 3.65. The van der Waals surface area contributed by atoms with Crippen LogP contribution in [0.2, 0.25) is 0 Å². The maximum absolute atomic E-state index is 4.37. The van der Waals surface area contributed by atoms with Crippen LogP contribution >= 0.6 is 0 Å². The molecule has 3 heteroatoms. The number of aromatic amines is 1. The summed E-state index contributed by atoms with van der Waals surface area (Å²) in [5, 5.41) is 10.8.